The molecule has 1 aliphatic carbocycles. The van der Waals surface area contributed by atoms with E-state index in [2.05, 4.69) is 16.3 Å². The number of aromatic nitrogens is 1. The van der Waals surface area contributed by atoms with Crippen LogP contribution in [0.4, 0.5) is 10.8 Å². The number of rotatable bonds is 4. The molecule has 96 valence electrons. The van der Waals surface area contributed by atoms with Gasteiger partial charge in [-0.05, 0) is 30.3 Å². The van der Waals surface area contributed by atoms with Crippen molar-refractivity contribution in [1.82, 2.24) is 4.37 Å². The van der Waals surface area contributed by atoms with Gasteiger partial charge in [-0.2, -0.15) is 4.37 Å². The molecular formula is C12H21N3OS. The molecule has 0 aliphatic heterocycles. The second-order valence-corrected chi connectivity index (χ2v) is 5.54. The molecule has 0 amide bonds. The van der Waals surface area contributed by atoms with Gasteiger partial charge in [-0.3, -0.25) is 0 Å². The average molecular weight is 255 g/mol. The number of hydrogen-bond acceptors (Lipinski definition) is 5. The lowest BCUT2D eigenvalue weighted by molar-refractivity contribution is 0.361. The van der Waals surface area contributed by atoms with E-state index in [0.29, 0.717) is 5.82 Å². The molecule has 1 fully saturated rings. The van der Waals surface area contributed by atoms with Crippen LogP contribution in [0.5, 0.6) is 5.75 Å². The Balaban J connectivity index is 2.00. The van der Waals surface area contributed by atoms with Gasteiger partial charge < -0.3 is 15.4 Å². The average Bonchev–Trinajstić information content (AvgIpc) is 2.71. The van der Waals surface area contributed by atoms with E-state index in [4.69, 9.17) is 10.5 Å². The highest BCUT2D eigenvalue weighted by molar-refractivity contribution is 7.11. The van der Waals surface area contributed by atoms with E-state index in [-0.39, 0.29) is 0 Å². The maximum absolute atomic E-state index is 5.77. The highest BCUT2D eigenvalue weighted by Crippen LogP contribution is 2.38. The van der Waals surface area contributed by atoms with Crippen LogP contribution in [0, 0.1) is 5.92 Å². The third-order valence-corrected chi connectivity index (χ3v) is 4.42. The van der Waals surface area contributed by atoms with E-state index in [0.717, 1.165) is 23.2 Å². The Hall–Kier alpha value is -0.970. The zero-order valence-corrected chi connectivity index (χ0v) is 11.4. The summed E-state index contributed by atoms with van der Waals surface area (Å²) in [4.78, 5) is 2.24. The van der Waals surface area contributed by atoms with E-state index >= 15 is 0 Å². The van der Waals surface area contributed by atoms with Gasteiger partial charge in [0.05, 0.1) is 7.11 Å². The van der Waals surface area contributed by atoms with Crippen LogP contribution in [0.15, 0.2) is 0 Å². The standard InChI is InChI=1S/C12H21N3OS/c1-15(8-9-6-4-3-5-7-9)12-10(16-2)11(13)14-17-12/h9H,3-8H2,1-2H3,(H2,13,14). The number of anilines is 2. The molecule has 2 rings (SSSR count). The van der Waals surface area contributed by atoms with E-state index in [9.17, 15) is 0 Å². The van der Waals surface area contributed by atoms with Gasteiger partial charge in [-0.25, -0.2) is 0 Å². The van der Waals surface area contributed by atoms with Crippen molar-refractivity contribution in [2.24, 2.45) is 5.92 Å². The third kappa shape index (κ3) is 2.83. The summed E-state index contributed by atoms with van der Waals surface area (Å²) in [5.41, 5.74) is 5.77. The summed E-state index contributed by atoms with van der Waals surface area (Å²) < 4.78 is 9.46. The molecule has 1 saturated carbocycles. The first kappa shape index (κ1) is 12.5. The fourth-order valence-electron chi connectivity index (χ4n) is 2.56. The molecule has 0 atom stereocenters. The fourth-order valence-corrected chi connectivity index (χ4v) is 3.31. The Morgan fingerprint density at radius 2 is 2.12 bits per heavy atom. The molecule has 1 aromatic heterocycles. The number of hydrogen-bond donors (Lipinski definition) is 1. The Bertz CT molecular complexity index is 361. The lowest BCUT2D eigenvalue weighted by atomic mass is 9.89. The van der Waals surface area contributed by atoms with Gasteiger partial charge in [0.2, 0.25) is 0 Å². The second-order valence-electron chi connectivity index (χ2n) is 4.79. The predicted octanol–water partition coefficient (Wildman–Crippen LogP) is 2.75. The topological polar surface area (TPSA) is 51.4 Å². The first-order chi connectivity index (χ1) is 8.22. The quantitative estimate of drug-likeness (QED) is 0.899. The van der Waals surface area contributed by atoms with Crippen molar-refractivity contribution in [3.8, 4) is 5.75 Å². The lowest BCUT2D eigenvalue weighted by Crippen LogP contribution is -2.26. The molecule has 0 spiro atoms. The summed E-state index contributed by atoms with van der Waals surface area (Å²) in [5.74, 6) is 2.04. The Labute approximate surface area is 107 Å². The van der Waals surface area contributed by atoms with Crippen molar-refractivity contribution >= 4 is 22.4 Å². The van der Waals surface area contributed by atoms with Crippen molar-refractivity contribution < 1.29 is 4.74 Å². The van der Waals surface area contributed by atoms with Crippen molar-refractivity contribution in [3.05, 3.63) is 0 Å². The number of nitrogens with zero attached hydrogens (tertiary/aromatic N) is 2. The maximum atomic E-state index is 5.77. The zero-order valence-electron chi connectivity index (χ0n) is 10.6. The molecule has 0 saturated heterocycles. The van der Waals surface area contributed by atoms with Gasteiger partial charge in [0.25, 0.3) is 0 Å². The molecule has 0 aromatic carbocycles. The normalized spacial score (nSPS) is 17.1. The molecular weight excluding hydrogens is 234 g/mol. The molecule has 1 aliphatic rings. The smallest absolute Gasteiger partial charge is 0.197 e. The monoisotopic (exact) mass is 255 g/mol. The van der Waals surface area contributed by atoms with E-state index in [1.807, 2.05) is 0 Å². The van der Waals surface area contributed by atoms with Crippen molar-refractivity contribution in [2.75, 3.05) is 31.3 Å². The van der Waals surface area contributed by atoms with Crippen molar-refractivity contribution in [1.29, 1.82) is 0 Å². The van der Waals surface area contributed by atoms with Crippen LogP contribution in [-0.2, 0) is 0 Å². The first-order valence-corrected chi connectivity index (χ1v) is 7.00. The van der Waals surface area contributed by atoms with Gasteiger partial charge in [0, 0.05) is 13.6 Å². The largest absolute Gasteiger partial charge is 0.490 e. The van der Waals surface area contributed by atoms with Gasteiger partial charge in [0.1, 0.15) is 0 Å². The van der Waals surface area contributed by atoms with Crippen molar-refractivity contribution in [2.45, 2.75) is 32.1 Å². The molecule has 2 N–H and O–H groups in total. The summed E-state index contributed by atoms with van der Waals surface area (Å²) in [6.07, 6.45) is 6.85. The summed E-state index contributed by atoms with van der Waals surface area (Å²) >= 11 is 1.42. The Morgan fingerprint density at radius 3 is 2.76 bits per heavy atom. The van der Waals surface area contributed by atoms with Crippen LogP contribution in [0.25, 0.3) is 0 Å². The highest BCUT2D eigenvalue weighted by Gasteiger charge is 2.20. The second kappa shape index (κ2) is 5.58. The van der Waals surface area contributed by atoms with Crippen LogP contribution >= 0.6 is 11.5 Å². The van der Waals surface area contributed by atoms with E-state index in [1.54, 1.807) is 7.11 Å². The highest BCUT2D eigenvalue weighted by atomic mass is 32.1. The molecule has 0 unspecified atom stereocenters. The molecule has 5 heteroatoms. The van der Waals surface area contributed by atoms with Crippen LogP contribution in [0.1, 0.15) is 32.1 Å². The van der Waals surface area contributed by atoms with Gasteiger partial charge >= 0.3 is 0 Å². The van der Waals surface area contributed by atoms with Gasteiger partial charge in [0.15, 0.2) is 16.6 Å². The number of methoxy groups -OCH3 is 1. The first-order valence-electron chi connectivity index (χ1n) is 6.22. The number of ether oxygens (including phenoxy) is 1. The molecule has 1 heterocycles. The summed E-state index contributed by atoms with van der Waals surface area (Å²) in [6, 6.07) is 0. The minimum absolute atomic E-state index is 0.503. The van der Waals surface area contributed by atoms with E-state index < -0.39 is 0 Å². The summed E-state index contributed by atoms with van der Waals surface area (Å²) in [7, 11) is 3.75. The molecule has 0 radical (unpaired) electrons. The maximum Gasteiger partial charge on any atom is 0.197 e. The van der Waals surface area contributed by atoms with Crippen LogP contribution in [0.2, 0.25) is 0 Å². The van der Waals surface area contributed by atoms with E-state index in [1.165, 1.54) is 43.6 Å². The van der Waals surface area contributed by atoms with Gasteiger partial charge in [-0.15, -0.1) is 0 Å². The Kier molecular flexibility index (Phi) is 4.10. The number of nitrogen functional groups attached to an aromatic ring is 1. The molecule has 17 heavy (non-hydrogen) atoms. The summed E-state index contributed by atoms with van der Waals surface area (Å²) in [5, 5.41) is 1.05. The minimum atomic E-state index is 0.503. The van der Waals surface area contributed by atoms with Crippen LogP contribution in [0.3, 0.4) is 0 Å². The molecule has 1 aromatic rings. The molecule has 4 nitrogen and oxygen atoms in total. The van der Waals surface area contributed by atoms with Crippen molar-refractivity contribution in [3.63, 3.8) is 0 Å². The molecule has 0 bridgehead atoms. The summed E-state index contributed by atoms with van der Waals surface area (Å²) in [6.45, 7) is 1.08. The van der Waals surface area contributed by atoms with Gasteiger partial charge in [-0.1, -0.05) is 19.3 Å². The van der Waals surface area contributed by atoms with Crippen LogP contribution < -0.4 is 15.4 Å². The fraction of sp³-hybridized carbons (Fsp3) is 0.750. The van der Waals surface area contributed by atoms with Crippen LogP contribution in [-0.4, -0.2) is 25.1 Å². The lowest BCUT2D eigenvalue weighted by Gasteiger charge is -2.27. The predicted molar refractivity (Wildman–Crippen MR) is 72.9 cm³/mol. The number of nitrogens with two attached hydrogens (primary N) is 1. The SMILES string of the molecule is COc1c(N)nsc1N(C)CC1CCCCC1. The zero-order chi connectivity index (χ0) is 12.3. The minimum Gasteiger partial charge on any atom is -0.490 e. The third-order valence-electron chi connectivity index (χ3n) is 3.46. The Morgan fingerprint density at radius 1 is 1.41 bits per heavy atom.